The lowest BCUT2D eigenvalue weighted by Gasteiger charge is -2.22. The van der Waals surface area contributed by atoms with Crippen molar-refractivity contribution in [2.45, 2.75) is 120 Å². The highest BCUT2D eigenvalue weighted by Crippen LogP contribution is 2.51. The maximum absolute atomic E-state index is 12.1. The van der Waals surface area contributed by atoms with Crippen LogP contribution in [0.25, 0.3) is 0 Å². The summed E-state index contributed by atoms with van der Waals surface area (Å²) in [5.74, 6) is 0.0285. The lowest BCUT2D eigenvalue weighted by molar-refractivity contribution is 0.0944. The second-order valence-corrected chi connectivity index (χ2v) is 19.1. The van der Waals surface area contributed by atoms with E-state index in [1.54, 1.807) is 41.5 Å². The van der Waals surface area contributed by atoms with Gasteiger partial charge in [-0.3, -0.25) is 4.57 Å². The van der Waals surface area contributed by atoms with E-state index in [4.69, 9.17) is 118 Å². The molecule has 2 N–H and O–H groups in total. The first-order valence-electron chi connectivity index (χ1n) is 14.3. The van der Waals surface area contributed by atoms with Gasteiger partial charge in [0.15, 0.2) is 5.98 Å². The number of aliphatic hydroxyl groups is 2. The Labute approximate surface area is 316 Å². The highest BCUT2D eigenvalue weighted by atomic mass is 36.0. The summed E-state index contributed by atoms with van der Waals surface area (Å²) in [6, 6.07) is 0.243. The molecule has 10 nitrogen and oxygen atoms in total. The van der Waals surface area contributed by atoms with Gasteiger partial charge in [-0.15, -0.1) is 34.8 Å². The first-order chi connectivity index (χ1) is 21.1. The molecule has 0 aromatic carbocycles. The topological polar surface area (TPSA) is 122 Å². The van der Waals surface area contributed by atoms with Crippen LogP contribution >= 0.6 is 102 Å². The predicted molar refractivity (Wildman–Crippen MR) is 204 cm³/mol. The largest absolute Gasteiger partial charge is 0.395 e. The number of hydrogen-bond donors (Lipinski definition) is 2. The fourth-order valence-corrected chi connectivity index (χ4v) is 4.98. The maximum Gasteiger partial charge on any atom is 0.356 e. The third-order valence-corrected chi connectivity index (χ3v) is 6.89. The first kappa shape index (κ1) is 60.8. The van der Waals surface area contributed by atoms with Crippen molar-refractivity contribution in [1.29, 1.82) is 0 Å². The Kier molecular flexibility index (Phi) is 60.5. The molecule has 0 heterocycles. The smallest absolute Gasteiger partial charge is 0.356 e. The van der Waals surface area contributed by atoms with E-state index >= 15 is 0 Å². The molecule has 0 aliphatic carbocycles. The second kappa shape index (κ2) is 45.8. The quantitative estimate of drug-likeness (QED) is 0.0782. The molecular formula is C26H60Cl7O10P3. The maximum atomic E-state index is 12.1. The van der Waals surface area contributed by atoms with Crippen LogP contribution in [0.15, 0.2) is 0 Å². The molecule has 0 amide bonds. The van der Waals surface area contributed by atoms with Crippen molar-refractivity contribution in [2.75, 3.05) is 49.9 Å². The summed E-state index contributed by atoms with van der Waals surface area (Å²) in [6.45, 7) is 23.5. The van der Waals surface area contributed by atoms with Gasteiger partial charge in [-0.25, -0.2) is 0 Å². The van der Waals surface area contributed by atoms with Crippen LogP contribution in [0, 0.1) is 0 Å². The van der Waals surface area contributed by atoms with Crippen LogP contribution in [0.4, 0.5) is 0 Å². The molecule has 0 aliphatic rings. The van der Waals surface area contributed by atoms with E-state index in [0.717, 1.165) is 0 Å². The van der Waals surface area contributed by atoms with Crippen LogP contribution < -0.4 is 0 Å². The lowest BCUT2D eigenvalue weighted by atomic mass is 10.5. The summed E-state index contributed by atoms with van der Waals surface area (Å²) in [5, 5.41) is 15.8. The highest BCUT2D eigenvalue weighted by molar-refractivity contribution is 8.20. The van der Waals surface area contributed by atoms with Gasteiger partial charge in [0.1, 0.15) is 12.4 Å². The molecule has 0 saturated carbocycles. The van der Waals surface area contributed by atoms with Crippen molar-refractivity contribution < 1.29 is 46.9 Å². The van der Waals surface area contributed by atoms with E-state index in [1.165, 1.54) is 0 Å². The monoisotopic (exact) mass is 870 g/mol. The molecule has 0 atom stereocenters. The third-order valence-electron chi connectivity index (χ3n) is 2.49. The fraction of sp³-hybridized carbons (Fsp3) is 1.00. The molecule has 0 aromatic heterocycles. The second-order valence-electron chi connectivity index (χ2n) is 9.74. The number of halogens is 7. The zero-order valence-corrected chi connectivity index (χ0v) is 37.2. The molecule has 0 radical (unpaired) electrons. The van der Waals surface area contributed by atoms with Crippen LogP contribution in [0.2, 0.25) is 0 Å². The van der Waals surface area contributed by atoms with Crippen molar-refractivity contribution in [1.82, 2.24) is 0 Å². The summed E-state index contributed by atoms with van der Waals surface area (Å²) in [4.78, 5) is 0. The minimum Gasteiger partial charge on any atom is -0.395 e. The zero-order chi connectivity index (χ0) is 37.7. The molecular weight excluding hydrogens is 813 g/mol. The van der Waals surface area contributed by atoms with Crippen molar-refractivity contribution in [3.63, 3.8) is 0 Å². The summed E-state index contributed by atoms with van der Waals surface area (Å²) < 4.78 is 48.8. The minimum atomic E-state index is -3.14. The van der Waals surface area contributed by atoms with Gasteiger partial charge in [0.25, 0.3) is 0 Å². The minimum absolute atomic E-state index is 0.0456. The van der Waals surface area contributed by atoms with E-state index in [9.17, 15) is 4.57 Å². The molecule has 20 heteroatoms. The van der Waals surface area contributed by atoms with Gasteiger partial charge < -0.3 is 42.3 Å². The number of ether oxygens (including phenoxy) is 2. The summed E-state index contributed by atoms with van der Waals surface area (Å²) in [5.41, 5.74) is 0. The third kappa shape index (κ3) is 81.0. The number of hydrogen-bond acceptors (Lipinski definition) is 10. The van der Waals surface area contributed by atoms with E-state index < -0.39 is 22.2 Å². The van der Waals surface area contributed by atoms with Crippen LogP contribution in [0.3, 0.4) is 0 Å². The standard InChI is InChI=1S/C9H20ClO4P.C9H21O3P.C3H6Cl2O.C3H8O.C2H5ClO.Cl3P/c1-8(2)13-15(11,14-9(3)4)7-12-6-5-10;1-7(2)10-13(11-8(3)4)12-9(5)6;4-1-2-6-3-5;1-3(2)4;3-1-2-4;1-4(2)3/h8-9H,5-7H2,1-4H3;7-9H,1-6H3;1-3H2;3-4H,1-2H3;4H,1-2H2;. The van der Waals surface area contributed by atoms with Gasteiger partial charge in [0, 0.05) is 23.7 Å². The van der Waals surface area contributed by atoms with E-state index in [0.29, 0.717) is 30.9 Å². The van der Waals surface area contributed by atoms with Crippen LogP contribution in [0.1, 0.15) is 83.1 Å². The summed E-state index contributed by atoms with van der Waals surface area (Å²) in [7, 11) is -4.32. The van der Waals surface area contributed by atoms with Gasteiger partial charge in [0.2, 0.25) is 0 Å². The average molecular weight is 874 g/mol. The van der Waals surface area contributed by atoms with E-state index in [2.05, 4.69) is 4.74 Å². The van der Waals surface area contributed by atoms with Gasteiger partial charge >= 0.3 is 16.2 Å². The molecule has 0 spiro atoms. The van der Waals surface area contributed by atoms with Crippen molar-refractivity contribution >= 4 is 102 Å². The molecule has 0 unspecified atom stereocenters. The Morgan fingerprint density at radius 2 is 0.891 bits per heavy atom. The highest BCUT2D eigenvalue weighted by Gasteiger charge is 2.27. The predicted octanol–water partition coefficient (Wildman–Crippen LogP) is 11.7. The Bertz CT molecular complexity index is 549. The van der Waals surface area contributed by atoms with Crippen LogP contribution in [0.5, 0.6) is 0 Å². The lowest BCUT2D eigenvalue weighted by Crippen LogP contribution is -2.12. The number of rotatable bonds is 18. The zero-order valence-electron chi connectivity index (χ0n) is 29.3. The SMILES string of the molecule is CC(C)O.CC(C)OP(=O)(COCCCl)OC(C)C.CC(C)OP(OC(C)C)OC(C)C.ClCCOCCl.ClP(Cl)Cl.OCCCl. The van der Waals surface area contributed by atoms with Crippen molar-refractivity contribution in [3.8, 4) is 0 Å². The number of aliphatic hydroxyl groups excluding tert-OH is 2. The Morgan fingerprint density at radius 1 is 0.609 bits per heavy atom. The van der Waals surface area contributed by atoms with E-state index in [1.807, 2.05) is 41.5 Å². The van der Waals surface area contributed by atoms with Crippen LogP contribution in [-0.2, 0) is 36.7 Å². The number of alkyl halides is 4. The fourth-order valence-electron chi connectivity index (χ4n) is 1.66. The first-order valence-corrected chi connectivity index (χ1v) is 23.3. The molecule has 46 heavy (non-hydrogen) atoms. The van der Waals surface area contributed by atoms with Gasteiger partial charge in [-0.1, -0.05) is 45.3 Å². The molecule has 0 aromatic rings. The van der Waals surface area contributed by atoms with Crippen molar-refractivity contribution in [3.05, 3.63) is 0 Å². The van der Waals surface area contributed by atoms with Gasteiger partial charge in [0.05, 0.1) is 50.3 Å². The molecule has 0 bridgehead atoms. The van der Waals surface area contributed by atoms with Gasteiger partial charge in [-0.05, 0) is 83.1 Å². The van der Waals surface area contributed by atoms with Gasteiger partial charge in [-0.2, -0.15) is 0 Å². The Balaban J connectivity index is -0.000000115. The normalized spacial score (nSPS) is 11.1. The van der Waals surface area contributed by atoms with Crippen LogP contribution in [-0.4, -0.2) is 96.7 Å². The summed E-state index contributed by atoms with van der Waals surface area (Å²) >= 11 is 35.3. The Hall–Kier alpha value is 2.76. The molecule has 0 rings (SSSR count). The molecule has 288 valence electrons. The molecule has 0 saturated heterocycles. The summed E-state index contributed by atoms with van der Waals surface area (Å²) in [6.07, 6.45) is -0.102. The molecule has 0 fully saturated rings. The van der Waals surface area contributed by atoms with Crippen molar-refractivity contribution in [2.24, 2.45) is 0 Å². The van der Waals surface area contributed by atoms with E-state index in [-0.39, 0.29) is 55.6 Å². The Morgan fingerprint density at radius 3 is 1.07 bits per heavy atom. The molecule has 0 aliphatic heterocycles. The average Bonchev–Trinajstić information content (AvgIpc) is 2.85.